The Hall–Kier alpha value is -4.04. The third-order valence-corrected chi connectivity index (χ3v) is 5.86. The average molecular weight is 429 g/mol. The van der Waals surface area contributed by atoms with Crippen molar-refractivity contribution in [3.8, 4) is 0 Å². The van der Waals surface area contributed by atoms with Crippen LogP contribution in [0.25, 0.3) is 0 Å². The molecule has 32 heavy (non-hydrogen) atoms. The van der Waals surface area contributed by atoms with Gasteiger partial charge < -0.3 is 0 Å². The van der Waals surface area contributed by atoms with Gasteiger partial charge in [0.1, 0.15) is 5.92 Å². The van der Waals surface area contributed by atoms with Crippen LogP contribution in [0.2, 0.25) is 0 Å². The highest BCUT2D eigenvalue weighted by Gasteiger charge is 2.60. The quantitative estimate of drug-likeness (QED) is 0.354. The lowest BCUT2D eigenvalue weighted by Gasteiger charge is -2.28. The number of non-ortho nitro benzene ring substituents is 1. The van der Waals surface area contributed by atoms with E-state index in [1.807, 2.05) is 49.4 Å². The van der Waals surface area contributed by atoms with Crippen molar-refractivity contribution >= 4 is 28.9 Å². The second kappa shape index (κ2) is 7.58. The molecule has 2 aliphatic heterocycles. The predicted octanol–water partition coefficient (Wildman–Crippen LogP) is 3.95. The highest BCUT2D eigenvalue weighted by Crippen LogP contribution is 2.47. The Morgan fingerprint density at radius 1 is 0.844 bits per heavy atom. The van der Waals surface area contributed by atoms with Gasteiger partial charge in [0.05, 0.1) is 22.3 Å². The van der Waals surface area contributed by atoms with Gasteiger partial charge in [-0.3, -0.25) is 24.5 Å². The number of carbonyl (C=O) groups excluding carboxylic acids is 2. The van der Waals surface area contributed by atoms with Crippen molar-refractivity contribution in [2.24, 2.45) is 5.92 Å². The molecule has 5 rings (SSSR count). The maximum absolute atomic E-state index is 13.5. The summed E-state index contributed by atoms with van der Waals surface area (Å²) in [7, 11) is 0. The third-order valence-electron chi connectivity index (χ3n) is 5.86. The Morgan fingerprint density at radius 3 is 2.12 bits per heavy atom. The van der Waals surface area contributed by atoms with E-state index in [-0.39, 0.29) is 11.6 Å². The van der Waals surface area contributed by atoms with Gasteiger partial charge in [0.2, 0.25) is 5.91 Å². The molecule has 8 nitrogen and oxygen atoms in total. The molecule has 2 fully saturated rings. The average Bonchev–Trinajstić information content (AvgIpc) is 3.31. The smallest absolute Gasteiger partial charge is 0.269 e. The van der Waals surface area contributed by atoms with Crippen molar-refractivity contribution < 1.29 is 19.3 Å². The zero-order valence-electron chi connectivity index (χ0n) is 17.1. The normalized spacial score (nSPS) is 22.3. The van der Waals surface area contributed by atoms with Crippen LogP contribution in [0.15, 0.2) is 78.9 Å². The number of hydrogen-bond acceptors (Lipinski definition) is 6. The molecule has 160 valence electrons. The molecule has 0 aliphatic carbocycles. The van der Waals surface area contributed by atoms with Crippen LogP contribution in [-0.4, -0.2) is 22.8 Å². The van der Waals surface area contributed by atoms with Crippen LogP contribution < -0.4 is 9.96 Å². The summed E-state index contributed by atoms with van der Waals surface area (Å²) in [5, 5.41) is 12.7. The van der Waals surface area contributed by atoms with E-state index in [0.717, 1.165) is 5.56 Å². The number of hydrogen-bond donors (Lipinski definition) is 0. The van der Waals surface area contributed by atoms with Crippen LogP contribution >= 0.6 is 0 Å². The number of fused-ring (bicyclic) bond motifs is 1. The molecule has 0 unspecified atom stereocenters. The zero-order chi connectivity index (χ0) is 22.4. The summed E-state index contributed by atoms with van der Waals surface area (Å²) in [5.41, 5.74) is 2.80. The topological polar surface area (TPSA) is 93.0 Å². The fourth-order valence-corrected chi connectivity index (χ4v) is 4.29. The number of aryl methyl sites for hydroxylation is 1. The fourth-order valence-electron chi connectivity index (χ4n) is 4.29. The second-order valence-corrected chi connectivity index (χ2v) is 7.85. The number of nitrogens with zero attached hydrogens (tertiary/aromatic N) is 3. The van der Waals surface area contributed by atoms with E-state index in [1.165, 1.54) is 17.0 Å². The van der Waals surface area contributed by atoms with E-state index in [1.54, 1.807) is 29.3 Å². The molecule has 2 heterocycles. The molecule has 0 bridgehead atoms. The Balaban J connectivity index is 1.57. The number of para-hydroxylation sites is 1. The number of imide groups is 1. The lowest BCUT2D eigenvalue weighted by Crippen LogP contribution is -2.37. The van der Waals surface area contributed by atoms with Crippen LogP contribution in [-0.2, 0) is 14.4 Å². The first-order valence-corrected chi connectivity index (χ1v) is 10.2. The minimum atomic E-state index is -0.982. The van der Waals surface area contributed by atoms with Gasteiger partial charge in [0.15, 0.2) is 6.10 Å². The zero-order valence-corrected chi connectivity index (χ0v) is 17.1. The van der Waals surface area contributed by atoms with Crippen LogP contribution in [0.4, 0.5) is 17.1 Å². The molecule has 3 aromatic rings. The van der Waals surface area contributed by atoms with E-state index in [4.69, 9.17) is 4.84 Å². The van der Waals surface area contributed by atoms with Gasteiger partial charge in [-0.1, -0.05) is 48.0 Å². The molecule has 0 N–H and O–H groups in total. The van der Waals surface area contributed by atoms with Crippen molar-refractivity contribution in [2.45, 2.75) is 19.1 Å². The third kappa shape index (κ3) is 3.12. The molecular weight excluding hydrogens is 410 g/mol. The van der Waals surface area contributed by atoms with Gasteiger partial charge in [-0.25, -0.2) is 9.96 Å². The summed E-state index contributed by atoms with van der Waals surface area (Å²) >= 11 is 0. The van der Waals surface area contributed by atoms with E-state index in [2.05, 4.69) is 0 Å². The summed E-state index contributed by atoms with van der Waals surface area (Å²) in [5.74, 6) is -1.56. The minimum Gasteiger partial charge on any atom is -0.273 e. The number of nitro benzene ring substituents is 1. The highest BCUT2D eigenvalue weighted by atomic mass is 16.7. The molecule has 3 atom stereocenters. The second-order valence-electron chi connectivity index (χ2n) is 7.85. The maximum atomic E-state index is 13.5. The molecule has 3 aromatic carbocycles. The van der Waals surface area contributed by atoms with Crippen molar-refractivity contribution in [2.75, 3.05) is 9.96 Å². The summed E-state index contributed by atoms with van der Waals surface area (Å²) < 4.78 is 0. The van der Waals surface area contributed by atoms with Crippen molar-refractivity contribution in [1.29, 1.82) is 0 Å². The first-order chi connectivity index (χ1) is 15.5. The maximum Gasteiger partial charge on any atom is 0.269 e. The minimum absolute atomic E-state index is 0.0504. The largest absolute Gasteiger partial charge is 0.273 e. The standard InChI is InChI=1S/C24H19N3O5/c1-15-7-11-17(12-8-15)25-23(28)20-21(16-9-13-19(14-10-16)27(30)31)26(32-22(20)24(25)29)18-5-3-2-4-6-18/h2-14,20-22H,1H3/t20-,21-,22+/m0/s1. The van der Waals surface area contributed by atoms with Crippen LogP contribution in [0.3, 0.4) is 0 Å². The Labute approximate surface area is 183 Å². The first kappa shape index (κ1) is 19.9. The molecule has 0 aromatic heterocycles. The number of rotatable bonds is 4. The number of anilines is 2. The highest BCUT2D eigenvalue weighted by molar-refractivity contribution is 6.23. The molecule has 8 heteroatoms. The van der Waals surface area contributed by atoms with E-state index in [9.17, 15) is 19.7 Å². The Morgan fingerprint density at radius 2 is 1.50 bits per heavy atom. The number of hydroxylamine groups is 1. The van der Waals surface area contributed by atoms with Gasteiger partial charge in [-0.15, -0.1) is 0 Å². The van der Waals surface area contributed by atoms with Crippen molar-refractivity contribution in [3.05, 3.63) is 100 Å². The predicted molar refractivity (Wildman–Crippen MR) is 117 cm³/mol. The summed E-state index contributed by atoms with van der Waals surface area (Å²) in [6, 6.07) is 21.7. The van der Waals surface area contributed by atoms with E-state index >= 15 is 0 Å². The van der Waals surface area contributed by atoms with Gasteiger partial charge in [-0.2, -0.15) is 0 Å². The van der Waals surface area contributed by atoms with Crippen LogP contribution in [0.1, 0.15) is 17.2 Å². The lowest BCUT2D eigenvalue weighted by molar-refractivity contribution is -0.384. The number of benzene rings is 3. The van der Waals surface area contributed by atoms with Crippen molar-refractivity contribution in [1.82, 2.24) is 0 Å². The molecule has 0 radical (unpaired) electrons. The van der Waals surface area contributed by atoms with Gasteiger partial charge in [0, 0.05) is 12.1 Å². The fraction of sp³-hybridized carbons (Fsp3) is 0.167. The van der Waals surface area contributed by atoms with Gasteiger partial charge in [-0.05, 0) is 36.8 Å². The summed E-state index contributed by atoms with van der Waals surface area (Å²) in [6.07, 6.45) is -0.982. The number of amides is 2. The van der Waals surface area contributed by atoms with Gasteiger partial charge >= 0.3 is 0 Å². The van der Waals surface area contributed by atoms with Crippen LogP contribution in [0, 0.1) is 23.0 Å². The van der Waals surface area contributed by atoms with Crippen LogP contribution in [0.5, 0.6) is 0 Å². The number of carbonyl (C=O) groups is 2. The monoisotopic (exact) mass is 429 g/mol. The molecule has 0 spiro atoms. The molecular formula is C24H19N3O5. The summed E-state index contributed by atoms with van der Waals surface area (Å²) in [6.45, 7) is 1.93. The number of nitro groups is 1. The lowest BCUT2D eigenvalue weighted by atomic mass is 9.90. The Bertz CT molecular complexity index is 1190. The summed E-state index contributed by atoms with van der Waals surface area (Å²) in [4.78, 5) is 44.6. The van der Waals surface area contributed by atoms with Crippen molar-refractivity contribution in [3.63, 3.8) is 0 Å². The Kier molecular flexibility index (Phi) is 4.71. The molecule has 2 amide bonds. The first-order valence-electron chi connectivity index (χ1n) is 10.2. The molecule has 2 aliphatic rings. The van der Waals surface area contributed by atoms with E-state index < -0.39 is 28.9 Å². The molecule has 2 saturated heterocycles. The SMILES string of the molecule is Cc1ccc(N2C(=O)[C@@H]3[C@@H](ON(c4ccccc4)[C@H]3c3ccc([N+](=O)[O-])cc3)C2=O)cc1. The molecule has 0 saturated carbocycles. The van der Waals surface area contributed by atoms with Gasteiger partial charge in [0.25, 0.3) is 11.6 Å². The van der Waals surface area contributed by atoms with E-state index in [0.29, 0.717) is 16.9 Å².